The summed E-state index contributed by atoms with van der Waals surface area (Å²) in [5.74, 6) is 0.731. The Labute approximate surface area is 86.8 Å². The lowest BCUT2D eigenvalue weighted by molar-refractivity contribution is 0.514. The van der Waals surface area contributed by atoms with Crippen LogP contribution in [0.1, 0.15) is 5.82 Å². The molecule has 0 unspecified atom stereocenters. The highest BCUT2D eigenvalue weighted by atomic mass is 16.2. The van der Waals surface area contributed by atoms with Gasteiger partial charge >= 0.3 is 5.69 Å². The molecule has 15 heavy (non-hydrogen) atoms. The van der Waals surface area contributed by atoms with Gasteiger partial charge in [-0.05, 0) is 13.0 Å². The van der Waals surface area contributed by atoms with Crippen LogP contribution in [0.2, 0.25) is 0 Å². The van der Waals surface area contributed by atoms with E-state index in [2.05, 4.69) is 10.2 Å². The van der Waals surface area contributed by atoms with Crippen molar-refractivity contribution < 1.29 is 0 Å². The molecule has 0 atom stereocenters. The summed E-state index contributed by atoms with van der Waals surface area (Å²) < 4.78 is 4.78. The standard InChI is InChI=1S/C9H13N5O/c1-8-11-12(2)9(15)14(8)7-6-13-5-3-4-10-13/h3-5H,6-7H2,1-2H3. The van der Waals surface area contributed by atoms with Gasteiger partial charge in [0.1, 0.15) is 5.82 Å². The number of rotatable bonds is 3. The van der Waals surface area contributed by atoms with Crippen molar-refractivity contribution in [2.75, 3.05) is 0 Å². The van der Waals surface area contributed by atoms with E-state index >= 15 is 0 Å². The van der Waals surface area contributed by atoms with Crippen LogP contribution in [0.15, 0.2) is 23.3 Å². The molecule has 2 rings (SSSR count). The van der Waals surface area contributed by atoms with E-state index in [0.717, 1.165) is 5.82 Å². The van der Waals surface area contributed by atoms with Crippen molar-refractivity contribution in [2.45, 2.75) is 20.0 Å². The highest BCUT2D eigenvalue weighted by Gasteiger charge is 2.06. The van der Waals surface area contributed by atoms with Crippen LogP contribution in [0.25, 0.3) is 0 Å². The van der Waals surface area contributed by atoms with Gasteiger partial charge in [0.2, 0.25) is 0 Å². The normalized spacial score (nSPS) is 10.8. The molecule has 0 spiro atoms. The Bertz CT molecular complexity index is 493. The summed E-state index contributed by atoms with van der Waals surface area (Å²) in [5.41, 5.74) is -0.0837. The van der Waals surface area contributed by atoms with Crippen molar-refractivity contribution >= 4 is 0 Å². The maximum Gasteiger partial charge on any atom is 0.345 e. The predicted octanol–water partition coefficient (Wildman–Crippen LogP) is -0.213. The third kappa shape index (κ3) is 1.83. The molecule has 0 radical (unpaired) electrons. The van der Waals surface area contributed by atoms with E-state index in [1.807, 2.05) is 19.2 Å². The van der Waals surface area contributed by atoms with E-state index in [9.17, 15) is 4.79 Å². The lowest BCUT2D eigenvalue weighted by Gasteiger charge is -2.02. The highest BCUT2D eigenvalue weighted by Crippen LogP contribution is 1.92. The minimum atomic E-state index is -0.0837. The first-order valence-electron chi connectivity index (χ1n) is 4.76. The van der Waals surface area contributed by atoms with Crippen molar-refractivity contribution in [3.05, 3.63) is 34.8 Å². The van der Waals surface area contributed by atoms with Gasteiger partial charge < -0.3 is 0 Å². The third-order valence-electron chi connectivity index (χ3n) is 2.30. The van der Waals surface area contributed by atoms with Gasteiger partial charge in [0.25, 0.3) is 0 Å². The Morgan fingerprint density at radius 2 is 2.20 bits per heavy atom. The summed E-state index contributed by atoms with van der Waals surface area (Å²) in [4.78, 5) is 11.6. The molecule has 0 aliphatic heterocycles. The van der Waals surface area contributed by atoms with Crippen LogP contribution < -0.4 is 5.69 Å². The molecule has 80 valence electrons. The van der Waals surface area contributed by atoms with Crippen LogP contribution in [0.4, 0.5) is 0 Å². The second kappa shape index (κ2) is 3.72. The smallest absolute Gasteiger partial charge is 0.277 e. The molecular formula is C9H13N5O. The number of aryl methyl sites for hydroxylation is 3. The Kier molecular flexibility index (Phi) is 2.40. The SMILES string of the molecule is Cc1nn(C)c(=O)n1CCn1cccn1. The molecule has 0 saturated carbocycles. The van der Waals surface area contributed by atoms with Crippen LogP contribution in [0, 0.1) is 6.92 Å². The van der Waals surface area contributed by atoms with Crippen LogP contribution in [-0.2, 0) is 20.1 Å². The number of nitrogens with zero attached hydrogens (tertiary/aromatic N) is 5. The van der Waals surface area contributed by atoms with Crippen LogP contribution in [0.5, 0.6) is 0 Å². The summed E-state index contributed by atoms with van der Waals surface area (Å²) in [6.07, 6.45) is 3.59. The third-order valence-corrected chi connectivity index (χ3v) is 2.30. The van der Waals surface area contributed by atoms with Gasteiger partial charge in [-0.2, -0.15) is 10.2 Å². The first-order chi connectivity index (χ1) is 7.18. The van der Waals surface area contributed by atoms with Gasteiger partial charge in [0.05, 0.1) is 6.54 Å². The van der Waals surface area contributed by atoms with Gasteiger partial charge in [-0.3, -0.25) is 9.25 Å². The van der Waals surface area contributed by atoms with E-state index < -0.39 is 0 Å². The summed E-state index contributed by atoms with van der Waals surface area (Å²) in [5, 5.41) is 8.12. The van der Waals surface area contributed by atoms with Gasteiger partial charge in [-0.25, -0.2) is 9.48 Å². The fourth-order valence-electron chi connectivity index (χ4n) is 1.52. The molecule has 2 heterocycles. The van der Waals surface area contributed by atoms with Crippen molar-refractivity contribution in [3.63, 3.8) is 0 Å². The Hall–Kier alpha value is -1.85. The minimum absolute atomic E-state index is 0.0837. The average Bonchev–Trinajstić information content (AvgIpc) is 2.76. The largest absolute Gasteiger partial charge is 0.345 e. The number of aromatic nitrogens is 5. The van der Waals surface area contributed by atoms with Crippen molar-refractivity contribution in [1.29, 1.82) is 0 Å². The number of hydrogen-bond acceptors (Lipinski definition) is 3. The molecule has 6 heteroatoms. The fourth-order valence-corrected chi connectivity index (χ4v) is 1.52. The topological polar surface area (TPSA) is 57.6 Å². The Balaban J connectivity index is 2.15. The Morgan fingerprint density at radius 3 is 2.73 bits per heavy atom. The van der Waals surface area contributed by atoms with Gasteiger partial charge in [0, 0.05) is 26.0 Å². The average molecular weight is 207 g/mol. The molecule has 6 nitrogen and oxygen atoms in total. The summed E-state index contributed by atoms with van der Waals surface area (Å²) in [6.45, 7) is 3.10. The van der Waals surface area contributed by atoms with Crippen LogP contribution in [0.3, 0.4) is 0 Å². The maximum absolute atomic E-state index is 11.6. The highest BCUT2D eigenvalue weighted by molar-refractivity contribution is 4.83. The fraction of sp³-hybridized carbons (Fsp3) is 0.444. The molecule has 0 N–H and O–H groups in total. The summed E-state index contributed by atoms with van der Waals surface area (Å²) >= 11 is 0. The molecule has 0 bridgehead atoms. The zero-order valence-corrected chi connectivity index (χ0v) is 8.79. The summed E-state index contributed by atoms with van der Waals surface area (Å²) in [6, 6.07) is 1.86. The quantitative estimate of drug-likeness (QED) is 0.699. The lowest BCUT2D eigenvalue weighted by atomic mass is 10.5. The van der Waals surface area contributed by atoms with Crippen LogP contribution >= 0.6 is 0 Å². The predicted molar refractivity (Wildman–Crippen MR) is 54.4 cm³/mol. The zero-order chi connectivity index (χ0) is 10.8. The van der Waals surface area contributed by atoms with E-state index in [1.54, 1.807) is 22.5 Å². The molecule has 0 aliphatic carbocycles. The molecule has 0 saturated heterocycles. The van der Waals surface area contributed by atoms with E-state index in [0.29, 0.717) is 13.1 Å². The van der Waals surface area contributed by atoms with E-state index in [4.69, 9.17) is 0 Å². The van der Waals surface area contributed by atoms with Gasteiger partial charge in [0.15, 0.2) is 0 Å². The van der Waals surface area contributed by atoms with E-state index in [1.165, 1.54) is 4.68 Å². The monoisotopic (exact) mass is 207 g/mol. The van der Waals surface area contributed by atoms with Crippen molar-refractivity contribution in [3.8, 4) is 0 Å². The molecular weight excluding hydrogens is 194 g/mol. The van der Waals surface area contributed by atoms with Crippen LogP contribution in [-0.4, -0.2) is 24.1 Å². The zero-order valence-electron chi connectivity index (χ0n) is 8.79. The first kappa shape index (κ1) is 9.70. The summed E-state index contributed by atoms with van der Waals surface area (Å²) in [7, 11) is 1.65. The minimum Gasteiger partial charge on any atom is -0.277 e. The Morgan fingerprint density at radius 1 is 1.40 bits per heavy atom. The second-order valence-electron chi connectivity index (χ2n) is 3.37. The maximum atomic E-state index is 11.6. The molecule has 0 fully saturated rings. The molecule has 0 amide bonds. The van der Waals surface area contributed by atoms with Crippen molar-refractivity contribution in [2.24, 2.45) is 7.05 Å². The first-order valence-corrected chi connectivity index (χ1v) is 4.76. The lowest BCUT2D eigenvalue weighted by Crippen LogP contribution is -2.25. The van der Waals surface area contributed by atoms with Crippen molar-refractivity contribution in [1.82, 2.24) is 24.1 Å². The van der Waals surface area contributed by atoms with E-state index in [-0.39, 0.29) is 5.69 Å². The molecule has 0 aliphatic rings. The second-order valence-corrected chi connectivity index (χ2v) is 3.37. The molecule has 2 aromatic rings. The number of hydrogen-bond donors (Lipinski definition) is 0. The van der Waals surface area contributed by atoms with Gasteiger partial charge in [-0.15, -0.1) is 0 Å². The molecule has 0 aromatic carbocycles. The molecule has 2 aromatic heterocycles. The van der Waals surface area contributed by atoms with Gasteiger partial charge in [-0.1, -0.05) is 0 Å².